The maximum atomic E-state index is 5.72. The number of rotatable bonds is 5. The van der Waals surface area contributed by atoms with Gasteiger partial charge in [0.15, 0.2) is 0 Å². The van der Waals surface area contributed by atoms with Crippen LogP contribution in [-0.4, -0.2) is 9.78 Å². The summed E-state index contributed by atoms with van der Waals surface area (Å²) in [5.74, 6) is 5.72. The molecule has 0 radical (unpaired) electrons. The molecule has 0 saturated heterocycles. The number of nitrogens with two attached hydrogens (primary N) is 1. The summed E-state index contributed by atoms with van der Waals surface area (Å²) in [7, 11) is 0. The smallest absolute Gasteiger partial charge is 0.0596 e. The van der Waals surface area contributed by atoms with Crippen molar-refractivity contribution in [2.75, 3.05) is 0 Å². The third-order valence-corrected chi connectivity index (χ3v) is 3.82. The normalized spacial score (nSPS) is 12.6. The highest BCUT2D eigenvalue weighted by Crippen LogP contribution is 2.20. The average molecular weight is 370 g/mol. The van der Waals surface area contributed by atoms with Gasteiger partial charge in [-0.1, -0.05) is 12.1 Å². The monoisotopic (exact) mass is 370 g/mol. The van der Waals surface area contributed by atoms with E-state index in [2.05, 4.69) is 70.4 Å². The van der Waals surface area contributed by atoms with Crippen LogP contribution >= 0.6 is 22.6 Å². The fourth-order valence-electron chi connectivity index (χ4n) is 2.24. The van der Waals surface area contributed by atoms with Gasteiger partial charge in [-0.2, -0.15) is 5.10 Å². The summed E-state index contributed by atoms with van der Waals surface area (Å²) in [4.78, 5) is 0. The second-order valence-electron chi connectivity index (χ2n) is 4.57. The number of nitrogens with zero attached hydrogens (tertiary/aromatic N) is 2. The van der Waals surface area contributed by atoms with Crippen LogP contribution in [0.1, 0.15) is 29.9 Å². The van der Waals surface area contributed by atoms with Gasteiger partial charge in [0.25, 0.3) is 0 Å². The SMILES string of the molecule is CCn1nc(C)cc1CC(NN)c1cccc(I)c1. The Kier molecular flexibility index (Phi) is 4.95. The highest BCUT2D eigenvalue weighted by molar-refractivity contribution is 14.1. The molecule has 5 heteroatoms. The van der Waals surface area contributed by atoms with Crippen molar-refractivity contribution in [2.24, 2.45) is 5.84 Å². The minimum absolute atomic E-state index is 0.108. The van der Waals surface area contributed by atoms with Crippen molar-refractivity contribution in [3.05, 3.63) is 50.9 Å². The van der Waals surface area contributed by atoms with Crippen molar-refractivity contribution in [1.82, 2.24) is 15.2 Å². The minimum atomic E-state index is 0.108. The van der Waals surface area contributed by atoms with Crippen molar-refractivity contribution < 1.29 is 0 Å². The van der Waals surface area contributed by atoms with E-state index >= 15 is 0 Å². The highest BCUT2D eigenvalue weighted by Gasteiger charge is 2.14. The molecule has 2 rings (SSSR count). The fourth-order valence-corrected chi connectivity index (χ4v) is 2.81. The molecule has 19 heavy (non-hydrogen) atoms. The summed E-state index contributed by atoms with van der Waals surface area (Å²) >= 11 is 2.32. The van der Waals surface area contributed by atoms with Gasteiger partial charge >= 0.3 is 0 Å². The van der Waals surface area contributed by atoms with Gasteiger partial charge in [0.1, 0.15) is 0 Å². The van der Waals surface area contributed by atoms with Gasteiger partial charge in [-0.15, -0.1) is 0 Å². The number of hydrogen-bond donors (Lipinski definition) is 2. The highest BCUT2D eigenvalue weighted by atomic mass is 127. The quantitative estimate of drug-likeness (QED) is 0.483. The minimum Gasteiger partial charge on any atom is -0.271 e. The Labute approximate surface area is 127 Å². The number of nitrogens with one attached hydrogen (secondary N) is 1. The summed E-state index contributed by atoms with van der Waals surface area (Å²) in [6, 6.07) is 10.6. The Morgan fingerprint density at radius 1 is 1.42 bits per heavy atom. The first-order valence-corrected chi connectivity index (χ1v) is 7.46. The van der Waals surface area contributed by atoms with Gasteiger partial charge in [0.2, 0.25) is 0 Å². The van der Waals surface area contributed by atoms with E-state index in [4.69, 9.17) is 5.84 Å². The average Bonchev–Trinajstić information content (AvgIpc) is 2.76. The van der Waals surface area contributed by atoms with E-state index in [1.807, 2.05) is 11.6 Å². The maximum absolute atomic E-state index is 5.72. The van der Waals surface area contributed by atoms with Crippen LogP contribution in [0.15, 0.2) is 30.3 Å². The summed E-state index contributed by atoms with van der Waals surface area (Å²) in [5, 5.41) is 4.47. The zero-order chi connectivity index (χ0) is 13.8. The molecule has 102 valence electrons. The Morgan fingerprint density at radius 3 is 2.84 bits per heavy atom. The summed E-state index contributed by atoms with van der Waals surface area (Å²) in [5.41, 5.74) is 6.38. The lowest BCUT2D eigenvalue weighted by atomic mass is 10.0. The van der Waals surface area contributed by atoms with Gasteiger partial charge in [0, 0.05) is 22.2 Å². The molecule has 1 unspecified atom stereocenters. The molecule has 1 aromatic heterocycles. The van der Waals surface area contributed by atoms with Crippen LogP contribution < -0.4 is 11.3 Å². The Morgan fingerprint density at radius 2 is 2.21 bits per heavy atom. The van der Waals surface area contributed by atoms with Crippen molar-refractivity contribution in [3.8, 4) is 0 Å². The predicted molar refractivity (Wildman–Crippen MR) is 85.6 cm³/mol. The van der Waals surface area contributed by atoms with Crippen LogP contribution in [0.3, 0.4) is 0 Å². The topological polar surface area (TPSA) is 55.9 Å². The zero-order valence-electron chi connectivity index (χ0n) is 11.2. The van der Waals surface area contributed by atoms with E-state index in [9.17, 15) is 0 Å². The zero-order valence-corrected chi connectivity index (χ0v) is 13.4. The third kappa shape index (κ3) is 3.55. The lowest BCUT2D eigenvalue weighted by Crippen LogP contribution is -2.30. The van der Waals surface area contributed by atoms with E-state index < -0.39 is 0 Å². The molecular weight excluding hydrogens is 351 g/mol. The molecule has 2 aromatic rings. The summed E-state index contributed by atoms with van der Waals surface area (Å²) < 4.78 is 3.25. The maximum Gasteiger partial charge on any atom is 0.0596 e. The summed E-state index contributed by atoms with van der Waals surface area (Å²) in [6.45, 7) is 5.01. The van der Waals surface area contributed by atoms with E-state index in [0.29, 0.717) is 0 Å². The lowest BCUT2D eigenvalue weighted by Gasteiger charge is -2.17. The van der Waals surface area contributed by atoms with E-state index in [-0.39, 0.29) is 6.04 Å². The van der Waals surface area contributed by atoms with Crippen LogP contribution in [0.2, 0.25) is 0 Å². The van der Waals surface area contributed by atoms with Crippen LogP contribution in [0.5, 0.6) is 0 Å². The predicted octanol–water partition coefficient (Wildman–Crippen LogP) is 2.56. The van der Waals surface area contributed by atoms with Gasteiger partial charge in [-0.05, 0) is 60.2 Å². The van der Waals surface area contributed by atoms with Crippen molar-refractivity contribution >= 4 is 22.6 Å². The van der Waals surface area contributed by atoms with Crippen LogP contribution in [0.25, 0.3) is 0 Å². The number of aromatic nitrogens is 2. The first kappa shape index (κ1) is 14.5. The first-order chi connectivity index (χ1) is 9.13. The standard InChI is InChI=1S/C14H19IN4/c1-3-19-13(7-10(2)18-19)9-14(17-16)11-5-4-6-12(15)8-11/h4-8,14,17H,3,9,16H2,1-2H3. The van der Waals surface area contributed by atoms with Crippen molar-refractivity contribution in [3.63, 3.8) is 0 Å². The first-order valence-electron chi connectivity index (χ1n) is 6.39. The molecular formula is C14H19IN4. The molecule has 0 bridgehead atoms. The van der Waals surface area contributed by atoms with E-state index in [1.165, 1.54) is 14.8 Å². The Balaban J connectivity index is 2.23. The number of benzene rings is 1. The van der Waals surface area contributed by atoms with Crippen LogP contribution in [-0.2, 0) is 13.0 Å². The second-order valence-corrected chi connectivity index (χ2v) is 5.82. The van der Waals surface area contributed by atoms with Crippen molar-refractivity contribution in [2.45, 2.75) is 32.9 Å². The molecule has 0 aliphatic heterocycles. The number of hydrazine groups is 1. The Hall–Kier alpha value is -0.920. The molecule has 0 amide bonds. The number of halogens is 1. The summed E-state index contributed by atoms with van der Waals surface area (Å²) in [6.07, 6.45) is 0.839. The van der Waals surface area contributed by atoms with Gasteiger partial charge in [0.05, 0.1) is 11.7 Å². The Bertz CT molecular complexity index is 550. The molecule has 3 N–H and O–H groups in total. The van der Waals surface area contributed by atoms with Crippen LogP contribution in [0, 0.1) is 10.5 Å². The van der Waals surface area contributed by atoms with Gasteiger partial charge in [-0.25, -0.2) is 0 Å². The molecule has 0 spiro atoms. The molecule has 1 heterocycles. The molecule has 1 atom stereocenters. The molecule has 4 nitrogen and oxygen atoms in total. The number of aryl methyl sites for hydroxylation is 2. The van der Waals surface area contributed by atoms with Crippen molar-refractivity contribution in [1.29, 1.82) is 0 Å². The van der Waals surface area contributed by atoms with E-state index in [0.717, 1.165) is 18.7 Å². The second kappa shape index (κ2) is 6.49. The molecule has 0 fully saturated rings. The van der Waals surface area contributed by atoms with Gasteiger partial charge < -0.3 is 0 Å². The molecule has 0 aliphatic carbocycles. The van der Waals surface area contributed by atoms with Crippen LogP contribution in [0.4, 0.5) is 0 Å². The lowest BCUT2D eigenvalue weighted by molar-refractivity contribution is 0.517. The van der Waals surface area contributed by atoms with Gasteiger partial charge in [-0.3, -0.25) is 16.0 Å². The number of hydrogen-bond acceptors (Lipinski definition) is 3. The molecule has 0 saturated carbocycles. The molecule has 1 aromatic carbocycles. The largest absolute Gasteiger partial charge is 0.271 e. The molecule has 0 aliphatic rings. The third-order valence-electron chi connectivity index (χ3n) is 3.15. The van der Waals surface area contributed by atoms with E-state index in [1.54, 1.807) is 0 Å². The fraction of sp³-hybridized carbons (Fsp3) is 0.357.